The zero-order valence-electron chi connectivity index (χ0n) is 12.4. The standard InChI is InChI=1S/C16H16N4O2/c1-11-6-7-12(9-15(11)20(21)22)16-18-13(10-17-2)14-5-3-4-8-19(14)16/h3-9,17H,10H2,1-2H3. The van der Waals surface area contributed by atoms with E-state index in [4.69, 9.17) is 0 Å². The van der Waals surface area contributed by atoms with Crippen LogP contribution in [0.15, 0.2) is 42.6 Å². The Morgan fingerprint density at radius 1 is 1.32 bits per heavy atom. The Labute approximate surface area is 127 Å². The summed E-state index contributed by atoms with van der Waals surface area (Å²) in [4.78, 5) is 15.4. The fourth-order valence-corrected chi connectivity index (χ4v) is 2.55. The number of aryl methyl sites for hydroxylation is 1. The highest BCUT2D eigenvalue weighted by Crippen LogP contribution is 2.28. The maximum Gasteiger partial charge on any atom is 0.273 e. The summed E-state index contributed by atoms with van der Waals surface area (Å²) in [5.74, 6) is 0.712. The highest BCUT2D eigenvalue weighted by Gasteiger charge is 2.16. The molecule has 0 aliphatic heterocycles. The third-order valence-electron chi connectivity index (χ3n) is 3.63. The van der Waals surface area contributed by atoms with Gasteiger partial charge in [-0.05, 0) is 26.1 Å². The topological polar surface area (TPSA) is 72.5 Å². The number of hydrogen-bond donors (Lipinski definition) is 1. The number of nitro benzene ring substituents is 1. The number of pyridine rings is 1. The van der Waals surface area contributed by atoms with Crippen LogP contribution in [0.4, 0.5) is 5.69 Å². The lowest BCUT2D eigenvalue weighted by molar-refractivity contribution is -0.385. The first kappa shape index (κ1) is 14.2. The number of nitro groups is 1. The molecule has 0 fully saturated rings. The van der Waals surface area contributed by atoms with Crippen LogP contribution in [0.2, 0.25) is 0 Å². The zero-order chi connectivity index (χ0) is 15.7. The highest BCUT2D eigenvalue weighted by atomic mass is 16.6. The second-order valence-corrected chi connectivity index (χ2v) is 5.13. The normalized spacial score (nSPS) is 11.0. The number of aromatic nitrogens is 2. The Hall–Kier alpha value is -2.73. The van der Waals surface area contributed by atoms with Gasteiger partial charge in [0.15, 0.2) is 0 Å². The molecule has 6 heteroatoms. The lowest BCUT2D eigenvalue weighted by Gasteiger charge is -2.03. The summed E-state index contributed by atoms with van der Waals surface area (Å²) in [7, 11) is 1.87. The second kappa shape index (κ2) is 5.57. The summed E-state index contributed by atoms with van der Waals surface area (Å²) in [6.07, 6.45) is 1.92. The summed E-state index contributed by atoms with van der Waals surface area (Å²) < 4.78 is 1.96. The van der Waals surface area contributed by atoms with Gasteiger partial charge in [0, 0.05) is 29.9 Å². The summed E-state index contributed by atoms with van der Waals surface area (Å²) in [5, 5.41) is 14.2. The van der Waals surface area contributed by atoms with Crippen molar-refractivity contribution in [2.24, 2.45) is 0 Å². The maximum atomic E-state index is 11.1. The smallest absolute Gasteiger partial charge is 0.273 e. The molecular weight excluding hydrogens is 280 g/mol. The van der Waals surface area contributed by atoms with Gasteiger partial charge in [-0.15, -0.1) is 0 Å². The molecule has 1 N–H and O–H groups in total. The van der Waals surface area contributed by atoms with Crippen LogP contribution in [0, 0.1) is 17.0 Å². The Balaban J connectivity index is 2.22. The fraction of sp³-hybridized carbons (Fsp3) is 0.188. The molecule has 0 spiro atoms. The van der Waals surface area contributed by atoms with E-state index in [2.05, 4.69) is 10.3 Å². The minimum absolute atomic E-state index is 0.111. The Morgan fingerprint density at radius 3 is 2.86 bits per heavy atom. The van der Waals surface area contributed by atoms with Crippen molar-refractivity contribution < 1.29 is 4.92 Å². The molecule has 22 heavy (non-hydrogen) atoms. The van der Waals surface area contributed by atoms with Gasteiger partial charge in [0.2, 0.25) is 0 Å². The third kappa shape index (κ3) is 2.33. The van der Waals surface area contributed by atoms with E-state index in [1.807, 2.05) is 41.9 Å². The van der Waals surface area contributed by atoms with Crippen molar-refractivity contribution in [2.45, 2.75) is 13.5 Å². The molecule has 6 nitrogen and oxygen atoms in total. The van der Waals surface area contributed by atoms with Gasteiger partial charge in [-0.3, -0.25) is 14.5 Å². The maximum absolute atomic E-state index is 11.1. The summed E-state index contributed by atoms with van der Waals surface area (Å²) in [6.45, 7) is 2.37. The molecule has 112 valence electrons. The molecular formula is C16H16N4O2. The van der Waals surface area contributed by atoms with Gasteiger partial charge in [-0.25, -0.2) is 4.98 Å². The van der Waals surface area contributed by atoms with Crippen molar-refractivity contribution in [2.75, 3.05) is 7.05 Å². The molecule has 0 amide bonds. The van der Waals surface area contributed by atoms with E-state index in [1.165, 1.54) is 0 Å². The second-order valence-electron chi connectivity index (χ2n) is 5.13. The monoisotopic (exact) mass is 296 g/mol. The van der Waals surface area contributed by atoms with Crippen LogP contribution in [0.25, 0.3) is 16.9 Å². The molecule has 3 aromatic rings. The van der Waals surface area contributed by atoms with Crippen molar-refractivity contribution in [3.8, 4) is 11.4 Å². The quantitative estimate of drug-likeness (QED) is 0.593. The van der Waals surface area contributed by atoms with Gasteiger partial charge in [-0.1, -0.05) is 18.2 Å². The van der Waals surface area contributed by atoms with Crippen LogP contribution in [-0.2, 0) is 6.54 Å². The van der Waals surface area contributed by atoms with Gasteiger partial charge in [0.25, 0.3) is 5.69 Å². The van der Waals surface area contributed by atoms with E-state index in [9.17, 15) is 10.1 Å². The predicted octanol–water partition coefficient (Wildman–Crippen LogP) is 2.94. The number of hydrogen-bond acceptors (Lipinski definition) is 4. The van der Waals surface area contributed by atoms with E-state index >= 15 is 0 Å². The number of nitrogens with zero attached hydrogens (tertiary/aromatic N) is 3. The molecule has 2 aromatic heterocycles. The predicted molar refractivity (Wildman–Crippen MR) is 84.8 cm³/mol. The van der Waals surface area contributed by atoms with E-state index in [0.717, 1.165) is 16.8 Å². The molecule has 0 aliphatic carbocycles. The molecule has 0 aliphatic rings. The van der Waals surface area contributed by atoms with Gasteiger partial charge in [0.05, 0.1) is 16.1 Å². The molecule has 0 bridgehead atoms. The van der Waals surface area contributed by atoms with Crippen LogP contribution in [0.3, 0.4) is 0 Å². The number of fused-ring (bicyclic) bond motifs is 1. The van der Waals surface area contributed by atoms with Gasteiger partial charge < -0.3 is 5.32 Å². The minimum Gasteiger partial charge on any atom is -0.314 e. The SMILES string of the molecule is CNCc1nc(-c2ccc(C)c([N+](=O)[O-])c2)n2ccccc12. The largest absolute Gasteiger partial charge is 0.314 e. The first-order valence-corrected chi connectivity index (χ1v) is 6.98. The first-order valence-electron chi connectivity index (χ1n) is 6.98. The summed E-state index contributed by atoms with van der Waals surface area (Å²) in [5.41, 5.74) is 3.41. The molecule has 0 saturated carbocycles. The van der Waals surface area contributed by atoms with E-state index in [0.29, 0.717) is 17.9 Å². The Morgan fingerprint density at radius 2 is 2.14 bits per heavy atom. The summed E-state index contributed by atoms with van der Waals surface area (Å²) >= 11 is 0. The van der Waals surface area contributed by atoms with Gasteiger partial charge >= 0.3 is 0 Å². The van der Waals surface area contributed by atoms with Crippen LogP contribution in [-0.4, -0.2) is 21.4 Å². The zero-order valence-corrected chi connectivity index (χ0v) is 12.4. The van der Waals surface area contributed by atoms with Gasteiger partial charge in [0.1, 0.15) is 5.82 Å². The van der Waals surface area contributed by atoms with Crippen molar-refractivity contribution >= 4 is 11.2 Å². The van der Waals surface area contributed by atoms with E-state index in [1.54, 1.807) is 19.1 Å². The molecule has 2 heterocycles. The lowest BCUT2D eigenvalue weighted by Crippen LogP contribution is -2.05. The summed E-state index contributed by atoms with van der Waals surface area (Å²) in [6, 6.07) is 11.1. The van der Waals surface area contributed by atoms with Crippen molar-refractivity contribution in [3.63, 3.8) is 0 Å². The third-order valence-corrected chi connectivity index (χ3v) is 3.63. The Kier molecular flexibility index (Phi) is 3.60. The average molecular weight is 296 g/mol. The minimum atomic E-state index is -0.358. The molecule has 1 aromatic carbocycles. The highest BCUT2D eigenvalue weighted by molar-refractivity contribution is 5.68. The lowest BCUT2D eigenvalue weighted by atomic mass is 10.1. The van der Waals surface area contributed by atoms with Crippen LogP contribution in [0.5, 0.6) is 0 Å². The fourth-order valence-electron chi connectivity index (χ4n) is 2.55. The number of nitrogens with one attached hydrogen (secondary N) is 1. The van der Waals surface area contributed by atoms with Gasteiger partial charge in [-0.2, -0.15) is 0 Å². The van der Waals surface area contributed by atoms with E-state index < -0.39 is 0 Å². The van der Waals surface area contributed by atoms with Crippen LogP contribution in [0.1, 0.15) is 11.3 Å². The molecule has 0 saturated heterocycles. The van der Waals surface area contributed by atoms with Crippen LogP contribution < -0.4 is 5.32 Å². The number of imidazole rings is 1. The number of benzene rings is 1. The molecule has 0 radical (unpaired) electrons. The van der Waals surface area contributed by atoms with Crippen molar-refractivity contribution in [1.29, 1.82) is 0 Å². The van der Waals surface area contributed by atoms with Crippen LogP contribution >= 0.6 is 0 Å². The van der Waals surface area contributed by atoms with Crippen molar-refractivity contribution in [1.82, 2.24) is 14.7 Å². The van der Waals surface area contributed by atoms with Crippen molar-refractivity contribution in [3.05, 3.63) is 64.0 Å². The average Bonchev–Trinajstić information content (AvgIpc) is 2.87. The molecule has 0 atom stereocenters. The molecule has 3 rings (SSSR count). The molecule has 0 unspecified atom stereocenters. The van der Waals surface area contributed by atoms with E-state index in [-0.39, 0.29) is 10.6 Å². The first-order chi connectivity index (χ1) is 10.6. The number of rotatable bonds is 4. The Bertz CT molecular complexity index is 854.